The van der Waals surface area contributed by atoms with Crippen molar-refractivity contribution >= 4 is 54.5 Å². The first-order valence-electron chi connectivity index (χ1n) is 26.1. The maximum absolute atomic E-state index is 7.83. The summed E-state index contributed by atoms with van der Waals surface area (Å²) in [7, 11) is 0. The van der Waals surface area contributed by atoms with Gasteiger partial charge in [-0.3, -0.25) is 4.98 Å². The number of furan rings is 1. The van der Waals surface area contributed by atoms with Crippen LogP contribution in [0.3, 0.4) is 0 Å². The van der Waals surface area contributed by atoms with Crippen molar-refractivity contribution in [3.05, 3.63) is 223 Å². The van der Waals surface area contributed by atoms with Gasteiger partial charge >= 0.3 is 0 Å². The largest absolute Gasteiger partial charge is 0.501 e. The van der Waals surface area contributed by atoms with Gasteiger partial charge in [0, 0.05) is 41.5 Å². The van der Waals surface area contributed by atoms with Crippen LogP contribution in [0.4, 0.5) is 0 Å². The minimum Gasteiger partial charge on any atom is -0.501 e. The number of hydrogen-bond acceptors (Lipinski definition) is 3. The second kappa shape index (κ2) is 19.6. The Kier molecular flexibility index (Phi) is 12.1. The molecule has 3 aromatic heterocycles. The Bertz CT molecular complexity index is 4010. The van der Waals surface area contributed by atoms with Crippen LogP contribution in [0, 0.1) is 19.0 Å². The van der Waals surface area contributed by atoms with E-state index in [-0.39, 0.29) is 37.4 Å². The summed E-state index contributed by atoms with van der Waals surface area (Å²) >= 11 is 0. The molecule has 3 heterocycles. The van der Waals surface area contributed by atoms with Crippen molar-refractivity contribution in [3.63, 3.8) is 0 Å². The van der Waals surface area contributed by atoms with Gasteiger partial charge in [0.1, 0.15) is 5.58 Å². The smallest absolute Gasteiger partial charge is 0.121 e. The second-order valence-electron chi connectivity index (χ2n) is 20.2. The van der Waals surface area contributed by atoms with Gasteiger partial charge in [-0.2, -0.15) is 0 Å². The van der Waals surface area contributed by atoms with Crippen LogP contribution in [0.1, 0.15) is 86.7 Å². The molecule has 0 spiro atoms. The van der Waals surface area contributed by atoms with E-state index in [1.807, 2.05) is 54.7 Å². The predicted molar refractivity (Wildman–Crippen MR) is 299 cm³/mol. The number of pyridine rings is 1. The fraction of sp³-hybridized carbons (Fsp3) is 0.164. The van der Waals surface area contributed by atoms with Crippen molar-refractivity contribution in [1.29, 1.82) is 0 Å². The van der Waals surface area contributed by atoms with Gasteiger partial charge < -0.3 is 14.0 Å². The van der Waals surface area contributed by atoms with Gasteiger partial charge in [0.2, 0.25) is 0 Å². The Labute approximate surface area is 441 Å². The Morgan fingerprint density at radius 2 is 1.29 bits per heavy atom. The van der Waals surface area contributed by atoms with Crippen molar-refractivity contribution in [2.75, 3.05) is 0 Å². The van der Waals surface area contributed by atoms with Gasteiger partial charge in [0.05, 0.1) is 22.4 Å². The molecule has 0 saturated carbocycles. The van der Waals surface area contributed by atoms with Gasteiger partial charge in [0.15, 0.2) is 0 Å². The first-order chi connectivity index (χ1) is 35.6. The van der Waals surface area contributed by atoms with E-state index in [0.29, 0.717) is 11.1 Å². The molecule has 9 aromatic carbocycles. The maximum Gasteiger partial charge on any atom is 0.121 e. The molecular weight excluding hydrogens is 1050 g/mol. The third kappa shape index (κ3) is 8.97. The third-order valence-electron chi connectivity index (χ3n) is 13.8. The fourth-order valence-corrected chi connectivity index (χ4v) is 9.94. The van der Waals surface area contributed by atoms with E-state index in [1.165, 1.54) is 49.5 Å². The van der Waals surface area contributed by atoms with Gasteiger partial charge in [-0.25, -0.2) is 0 Å². The van der Waals surface area contributed by atoms with Crippen molar-refractivity contribution in [3.8, 4) is 50.6 Å². The van der Waals surface area contributed by atoms with Gasteiger partial charge in [-0.05, 0) is 114 Å². The monoisotopic (exact) mass is 1120 g/mol. The normalized spacial score (nSPS) is 12.5. The molecule has 0 bridgehead atoms. The van der Waals surface area contributed by atoms with Crippen LogP contribution < -0.4 is 0 Å². The van der Waals surface area contributed by atoms with Crippen LogP contribution in [0.25, 0.3) is 105 Å². The summed E-state index contributed by atoms with van der Waals surface area (Å²) in [4.78, 5) is 9.90. The van der Waals surface area contributed by atoms with E-state index in [2.05, 4.69) is 198 Å². The minimum atomic E-state index is -2.19. The average molecular weight is 1120 g/mol. The summed E-state index contributed by atoms with van der Waals surface area (Å²) in [6.07, 6.45) is 1.88. The van der Waals surface area contributed by atoms with Crippen molar-refractivity contribution in [2.45, 2.75) is 72.6 Å². The first kappa shape index (κ1) is 44.5. The standard InChI is InChI=1S/C45H35N2O.C22H22N.Ir/c1-27(2)36-24-32(29-13-6-5-7-14-29)25-37(28(3)4)43(36)47-41-20-11-10-19-40(41)46-45(47)35-18-12-17-34-39-23-31-22-21-30-15-8-9-16-33(30)38(31)26-42(39)48-44(34)35;1-16-10-11-18(14-20(16)17-8-6-5-7-9-17)21-13-12-19(15-23-21)22(2,3)4;/h5-17,19-28H,1-4H3;5-10,12-15H,1-4H3;/q2*-1;/i;1D3;. The van der Waals surface area contributed by atoms with Crippen LogP contribution in [-0.4, -0.2) is 14.5 Å². The number of aromatic nitrogens is 3. The summed E-state index contributed by atoms with van der Waals surface area (Å²) in [6.45, 7) is 13.4. The van der Waals surface area contributed by atoms with Crippen LogP contribution in [0.5, 0.6) is 0 Å². The fourth-order valence-electron chi connectivity index (χ4n) is 9.94. The molecule has 0 aliphatic heterocycles. The molecule has 0 aliphatic carbocycles. The number of rotatable bonds is 7. The quantitative estimate of drug-likeness (QED) is 0.118. The molecule has 0 amide bonds. The maximum atomic E-state index is 7.83. The van der Waals surface area contributed by atoms with E-state index in [4.69, 9.17) is 13.5 Å². The Hall–Kier alpha value is -7.43. The summed E-state index contributed by atoms with van der Waals surface area (Å²) in [6, 6.07) is 69.2. The van der Waals surface area contributed by atoms with E-state index in [1.54, 1.807) is 6.07 Å². The number of imidazole rings is 1. The molecular formula is C67H57IrN3O-2. The van der Waals surface area contributed by atoms with Crippen molar-refractivity contribution < 1.29 is 28.6 Å². The summed E-state index contributed by atoms with van der Waals surface area (Å²) in [5.74, 6) is 1.40. The summed E-state index contributed by atoms with van der Waals surface area (Å²) in [5.41, 5.74) is 15.4. The second-order valence-corrected chi connectivity index (χ2v) is 20.2. The van der Waals surface area contributed by atoms with Crippen LogP contribution in [-0.2, 0) is 25.5 Å². The number of nitrogens with zero attached hydrogens (tertiary/aromatic N) is 3. The number of benzene rings is 9. The number of hydrogen-bond donors (Lipinski definition) is 0. The Morgan fingerprint density at radius 3 is 1.99 bits per heavy atom. The molecule has 12 rings (SSSR count). The SMILES string of the molecule is CC(C)c1cc(-c2ccccc2)cc(C(C)C)c1-n1c(-c2[c-]ccc3c2oc2cc4c(ccc5ccccc54)cc23)nc2ccccc21.[2H]C([2H])([2H])c1c[c-]c(-c2ccc(C(C)(C)C)cn2)cc1-c1ccccc1.[Ir]. The van der Waals surface area contributed by atoms with Crippen molar-refractivity contribution in [2.24, 2.45) is 0 Å². The average Bonchev–Trinajstić information content (AvgIpc) is 3.98. The molecule has 4 nitrogen and oxygen atoms in total. The Balaban J connectivity index is 0.000000202. The van der Waals surface area contributed by atoms with Crippen molar-refractivity contribution in [1.82, 2.24) is 14.5 Å². The topological polar surface area (TPSA) is 43.9 Å². The van der Waals surface area contributed by atoms with E-state index < -0.39 is 6.85 Å². The third-order valence-corrected chi connectivity index (χ3v) is 13.8. The van der Waals surface area contributed by atoms with E-state index in [0.717, 1.165) is 66.7 Å². The predicted octanol–water partition coefficient (Wildman–Crippen LogP) is 18.4. The number of para-hydroxylation sites is 2. The van der Waals surface area contributed by atoms with Gasteiger partial charge in [-0.1, -0.05) is 193 Å². The van der Waals surface area contributed by atoms with Crippen LogP contribution in [0.2, 0.25) is 0 Å². The molecule has 1 radical (unpaired) electrons. The number of aryl methyl sites for hydroxylation is 1. The molecule has 357 valence electrons. The zero-order chi connectivity index (χ0) is 51.5. The van der Waals surface area contributed by atoms with E-state index >= 15 is 0 Å². The van der Waals surface area contributed by atoms with Gasteiger partial charge in [0.25, 0.3) is 0 Å². The summed E-state index contributed by atoms with van der Waals surface area (Å²) in [5, 5.41) is 7.02. The van der Waals surface area contributed by atoms with Crippen LogP contribution in [0.15, 0.2) is 193 Å². The minimum absolute atomic E-state index is 0. The molecule has 12 aromatic rings. The molecule has 0 atom stereocenters. The van der Waals surface area contributed by atoms with E-state index in [9.17, 15) is 0 Å². The molecule has 72 heavy (non-hydrogen) atoms. The molecule has 0 unspecified atom stereocenters. The zero-order valence-corrected chi connectivity index (χ0v) is 44.0. The molecule has 5 heteroatoms. The van der Waals surface area contributed by atoms with Crippen LogP contribution >= 0.6 is 0 Å². The molecule has 0 aliphatic rings. The van der Waals surface area contributed by atoms with Gasteiger partial charge in [-0.15, -0.1) is 47.5 Å². The first-order valence-corrected chi connectivity index (χ1v) is 24.6. The molecule has 0 fully saturated rings. The Morgan fingerprint density at radius 1 is 0.611 bits per heavy atom. The molecule has 0 saturated heterocycles. The zero-order valence-electron chi connectivity index (χ0n) is 44.6. The number of fused-ring (bicyclic) bond motifs is 7. The summed E-state index contributed by atoms with van der Waals surface area (Å²) < 4.78 is 32.7. The molecule has 0 N–H and O–H groups in total.